The Kier molecular flexibility index (Phi) is 7.33. The van der Waals surface area contributed by atoms with Gasteiger partial charge in [0, 0.05) is 0 Å². The molecule has 4 nitrogen and oxygen atoms in total. The number of nitrogens with one attached hydrogen (secondary N) is 1. The molecule has 3 N–H and O–H groups in total. The first-order valence-corrected chi connectivity index (χ1v) is 4.91. The van der Waals surface area contributed by atoms with Gasteiger partial charge >= 0.3 is 0 Å². The standard InChI is InChI=1S/C11H16N2O2.ClH/c1-9(12)11(14)13-7-8-15-10-5-3-2-4-6-10;/h2-6,9H,7-8,12H2,1H3,(H,13,14);1H/t9-;/m1./s1. The summed E-state index contributed by atoms with van der Waals surface area (Å²) >= 11 is 0. The van der Waals surface area contributed by atoms with Gasteiger partial charge in [0.05, 0.1) is 12.6 Å². The highest BCUT2D eigenvalue weighted by Gasteiger charge is 2.04. The van der Waals surface area contributed by atoms with Crippen LogP contribution in [-0.2, 0) is 4.79 Å². The number of ether oxygens (including phenoxy) is 1. The average Bonchev–Trinajstić information content (AvgIpc) is 2.25. The third-order valence-electron chi connectivity index (χ3n) is 1.83. The zero-order chi connectivity index (χ0) is 11.1. The maximum Gasteiger partial charge on any atom is 0.236 e. The number of nitrogens with two attached hydrogens (primary N) is 1. The summed E-state index contributed by atoms with van der Waals surface area (Å²) in [5, 5.41) is 2.66. The predicted octanol–water partition coefficient (Wildman–Crippen LogP) is 0.951. The molecule has 1 rings (SSSR count). The molecule has 0 aliphatic heterocycles. The largest absolute Gasteiger partial charge is 0.492 e. The number of rotatable bonds is 5. The molecule has 5 heteroatoms. The third kappa shape index (κ3) is 5.58. The van der Waals surface area contributed by atoms with Gasteiger partial charge in [0.15, 0.2) is 0 Å². The first kappa shape index (κ1) is 14.7. The third-order valence-corrected chi connectivity index (χ3v) is 1.83. The number of hydrogen-bond donors (Lipinski definition) is 2. The Labute approximate surface area is 102 Å². The summed E-state index contributed by atoms with van der Waals surface area (Å²) in [7, 11) is 0. The summed E-state index contributed by atoms with van der Waals surface area (Å²) in [5.41, 5.74) is 5.38. The number of carbonyl (C=O) groups excluding carboxylic acids is 1. The van der Waals surface area contributed by atoms with Crippen LogP contribution in [0.1, 0.15) is 6.92 Å². The molecule has 1 atom stereocenters. The van der Waals surface area contributed by atoms with Crippen molar-refractivity contribution < 1.29 is 9.53 Å². The van der Waals surface area contributed by atoms with E-state index in [1.165, 1.54) is 0 Å². The zero-order valence-electron chi connectivity index (χ0n) is 9.18. The van der Waals surface area contributed by atoms with Gasteiger partial charge < -0.3 is 15.8 Å². The monoisotopic (exact) mass is 244 g/mol. The minimum Gasteiger partial charge on any atom is -0.492 e. The summed E-state index contributed by atoms with van der Waals surface area (Å²) in [5.74, 6) is 0.638. The summed E-state index contributed by atoms with van der Waals surface area (Å²) in [6.45, 7) is 2.56. The molecule has 0 aliphatic rings. The molecule has 1 aromatic rings. The van der Waals surface area contributed by atoms with Crippen LogP contribution in [0.25, 0.3) is 0 Å². The Morgan fingerprint density at radius 2 is 2.06 bits per heavy atom. The molecule has 0 saturated carbocycles. The van der Waals surface area contributed by atoms with Crippen molar-refractivity contribution in [2.75, 3.05) is 13.2 Å². The lowest BCUT2D eigenvalue weighted by molar-refractivity contribution is -0.122. The first-order chi connectivity index (χ1) is 7.20. The van der Waals surface area contributed by atoms with Crippen LogP contribution in [0.15, 0.2) is 30.3 Å². The predicted molar refractivity (Wildman–Crippen MR) is 65.8 cm³/mol. The Morgan fingerprint density at radius 1 is 1.44 bits per heavy atom. The van der Waals surface area contributed by atoms with Gasteiger partial charge in [-0.05, 0) is 19.1 Å². The van der Waals surface area contributed by atoms with Crippen LogP contribution in [0, 0.1) is 0 Å². The second-order valence-corrected chi connectivity index (χ2v) is 3.24. The lowest BCUT2D eigenvalue weighted by Gasteiger charge is -2.08. The molecule has 0 heterocycles. The van der Waals surface area contributed by atoms with Gasteiger partial charge in [-0.15, -0.1) is 12.4 Å². The van der Waals surface area contributed by atoms with Gasteiger partial charge in [0.1, 0.15) is 12.4 Å². The van der Waals surface area contributed by atoms with Crippen molar-refractivity contribution in [3.05, 3.63) is 30.3 Å². The molecule has 0 radical (unpaired) electrons. The zero-order valence-corrected chi connectivity index (χ0v) is 10.00. The van der Waals surface area contributed by atoms with E-state index in [1.807, 2.05) is 30.3 Å². The van der Waals surface area contributed by atoms with Crippen molar-refractivity contribution in [2.24, 2.45) is 5.73 Å². The van der Waals surface area contributed by atoms with E-state index in [4.69, 9.17) is 10.5 Å². The van der Waals surface area contributed by atoms with Crippen LogP contribution in [0.4, 0.5) is 0 Å². The van der Waals surface area contributed by atoms with E-state index < -0.39 is 6.04 Å². The Bertz CT molecular complexity index is 304. The summed E-state index contributed by atoms with van der Waals surface area (Å²) in [4.78, 5) is 11.1. The fraction of sp³-hybridized carbons (Fsp3) is 0.364. The molecule has 0 saturated heterocycles. The van der Waals surface area contributed by atoms with E-state index in [2.05, 4.69) is 5.32 Å². The van der Waals surface area contributed by atoms with Crippen LogP contribution >= 0.6 is 12.4 Å². The van der Waals surface area contributed by atoms with Crippen molar-refractivity contribution in [3.8, 4) is 5.75 Å². The Balaban J connectivity index is 0.00000225. The highest BCUT2D eigenvalue weighted by Crippen LogP contribution is 2.07. The smallest absolute Gasteiger partial charge is 0.236 e. The van der Waals surface area contributed by atoms with E-state index >= 15 is 0 Å². The number of halogens is 1. The fourth-order valence-electron chi connectivity index (χ4n) is 1.02. The van der Waals surface area contributed by atoms with Crippen molar-refractivity contribution >= 4 is 18.3 Å². The highest BCUT2D eigenvalue weighted by molar-refractivity contribution is 5.85. The normalized spacial score (nSPS) is 11.1. The van der Waals surface area contributed by atoms with Crippen LogP contribution in [0.5, 0.6) is 5.75 Å². The van der Waals surface area contributed by atoms with Crippen molar-refractivity contribution in [1.29, 1.82) is 0 Å². The van der Waals surface area contributed by atoms with E-state index in [-0.39, 0.29) is 18.3 Å². The SMILES string of the molecule is C[C@@H](N)C(=O)NCCOc1ccccc1.Cl. The molecule has 1 amide bonds. The lowest BCUT2D eigenvalue weighted by atomic mass is 10.3. The van der Waals surface area contributed by atoms with Crippen LogP contribution in [-0.4, -0.2) is 25.1 Å². The molecule has 90 valence electrons. The summed E-state index contributed by atoms with van der Waals surface area (Å²) in [6, 6.07) is 8.98. The van der Waals surface area contributed by atoms with E-state index in [0.29, 0.717) is 13.2 Å². The summed E-state index contributed by atoms with van der Waals surface area (Å²) < 4.78 is 5.38. The van der Waals surface area contributed by atoms with Gasteiger partial charge in [0.25, 0.3) is 0 Å². The molecule has 0 fully saturated rings. The number of amides is 1. The van der Waals surface area contributed by atoms with Crippen molar-refractivity contribution in [2.45, 2.75) is 13.0 Å². The first-order valence-electron chi connectivity index (χ1n) is 4.91. The number of hydrogen-bond acceptors (Lipinski definition) is 3. The number of para-hydroxylation sites is 1. The quantitative estimate of drug-likeness (QED) is 0.758. The van der Waals surface area contributed by atoms with Gasteiger partial charge in [-0.25, -0.2) is 0 Å². The Hall–Kier alpha value is -1.26. The molecule has 0 unspecified atom stereocenters. The molecular weight excluding hydrogens is 228 g/mol. The van der Waals surface area contributed by atoms with E-state index in [1.54, 1.807) is 6.92 Å². The molecular formula is C11H17ClN2O2. The maximum absolute atomic E-state index is 11.1. The van der Waals surface area contributed by atoms with Crippen molar-refractivity contribution in [3.63, 3.8) is 0 Å². The van der Waals surface area contributed by atoms with Crippen molar-refractivity contribution in [1.82, 2.24) is 5.32 Å². The Morgan fingerprint density at radius 3 is 2.62 bits per heavy atom. The molecule has 0 bridgehead atoms. The van der Waals surface area contributed by atoms with Gasteiger partial charge in [-0.2, -0.15) is 0 Å². The maximum atomic E-state index is 11.1. The lowest BCUT2D eigenvalue weighted by Crippen LogP contribution is -2.40. The minimum atomic E-state index is -0.471. The molecule has 0 aromatic heterocycles. The molecule has 0 spiro atoms. The van der Waals surface area contributed by atoms with E-state index in [0.717, 1.165) is 5.75 Å². The van der Waals surface area contributed by atoms with Crippen LogP contribution in [0.3, 0.4) is 0 Å². The van der Waals surface area contributed by atoms with Gasteiger partial charge in [-0.3, -0.25) is 4.79 Å². The highest BCUT2D eigenvalue weighted by atomic mass is 35.5. The topological polar surface area (TPSA) is 64.4 Å². The molecule has 16 heavy (non-hydrogen) atoms. The van der Waals surface area contributed by atoms with E-state index in [9.17, 15) is 4.79 Å². The van der Waals surface area contributed by atoms with Crippen LogP contribution in [0.2, 0.25) is 0 Å². The number of benzene rings is 1. The summed E-state index contributed by atoms with van der Waals surface area (Å²) in [6.07, 6.45) is 0. The average molecular weight is 245 g/mol. The fourth-order valence-corrected chi connectivity index (χ4v) is 1.02. The minimum absolute atomic E-state index is 0. The van der Waals surface area contributed by atoms with Gasteiger partial charge in [-0.1, -0.05) is 18.2 Å². The second-order valence-electron chi connectivity index (χ2n) is 3.24. The number of carbonyl (C=O) groups is 1. The van der Waals surface area contributed by atoms with Gasteiger partial charge in [0.2, 0.25) is 5.91 Å². The molecule has 0 aliphatic carbocycles. The second kappa shape index (κ2) is 7.96. The molecule has 1 aromatic carbocycles. The van der Waals surface area contributed by atoms with Crippen LogP contribution < -0.4 is 15.8 Å².